The maximum Gasteiger partial charge on any atom is 0.0621 e. The quantitative estimate of drug-likeness (QED) is 0.736. The van der Waals surface area contributed by atoms with Crippen LogP contribution in [0, 0.1) is 39.0 Å². The first-order chi connectivity index (χ1) is 7.49. The first kappa shape index (κ1) is 12.8. The molecule has 1 aromatic rings. The van der Waals surface area contributed by atoms with Gasteiger partial charge in [-0.15, -0.1) is 0 Å². The Morgan fingerprint density at radius 3 is 2.06 bits per heavy atom. The monoisotopic (exact) mass is 215 g/mol. The van der Waals surface area contributed by atoms with Crippen LogP contribution in [0.15, 0.2) is 6.07 Å². The highest BCUT2D eigenvalue weighted by Crippen LogP contribution is 2.30. The molecule has 0 heterocycles. The topological polar surface area (TPSA) is 23.8 Å². The van der Waals surface area contributed by atoms with Gasteiger partial charge < -0.3 is 0 Å². The van der Waals surface area contributed by atoms with Crippen molar-refractivity contribution in [2.45, 2.75) is 53.4 Å². The molecule has 1 heteroatoms. The smallest absolute Gasteiger partial charge is 0.0621 e. The van der Waals surface area contributed by atoms with Gasteiger partial charge in [-0.05, 0) is 67.9 Å². The van der Waals surface area contributed by atoms with Crippen LogP contribution in [0.2, 0.25) is 0 Å². The minimum absolute atomic E-state index is 0.484. The van der Waals surface area contributed by atoms with Gasteiger partial charge in [0.25, 0.3) is 0 Å². The Morgan fingerprint density at radius 2 is 1.62 bits per heavy atom. The summed E-state index contributed by atoms with van der Waals surface area (Å²) in [4.78, 5) is 0. The van der Waals surface area contributed by atoms with E-state index in [1.807, 2.05) is 0 Å². The van der Waals surface area contributed by atoms with E-state index in [2.05, 4.69) is 46.8 Å². The molecular weight excluding hydrogens is 194 g/mol. The van der Waals surface area contributed by atoms with Crippen molar-refractivity contribution in [3.63, 3.8) is 0 Å². The Bertz CT molecular complexity index is 398. The minimum Gasteiger partial charge on any atom is -0.198 e. The highest BCUT2D eigenvalue weighted by Gasteiger charge is 2.14. The lowest BCUT2D eigenvalue weighted by Crippen LogP contribution is -2.03. The van der Waals surface area contributed by atoms with Crippen LogP contribution in [0.1, 0.15) is 53.5 Å². The lowest BCUT2D eigenvalue weighted by Gasteiger charge is -2.20. The van der Waals surface area contributed by atoms with Crippen molar-refractivity contribution in [2.24, 2.45) is 0 Å². The molecule has 1 unspecified atom stereocenters. The van der Waals surface area contributed by atoms with E-state index < -0.39 is 0 Å². The second-order valence-corrected chi connectivity index (χ2v) is 4.77. The van der Waals surface area contributed by atoms with Crippen LogP contribution >= 0.6 is 0 Å². The number of hydrogen-bond donors (Lipinski definition) is 0. The van der Waals surface area contributed by atoms with Gasteiger partial charge in [0.1, 0.15) is 0 Å². The van der Waals surface area contributed by atoms with Crippen LogP contribution in [0.3, 0.4) is 0 Å². The minimum atomic E-state index is 0.484. The number of hydrogen-bond acceptors (Lipinski definition) is 1. The number of aryl methyl sites for hydroxylation is 2. The molecule has 86 valence electrons. The van der Waals surface area contributed by atoms with E-state index in [0.29, 0.717) is 12.3 Å². The summed E-state index contributed by atoms with van der Waals surface area (Å²) in [6.45, 7) is 11.0. The average Bonchev–Trinajstić information content (AvgIpc) is 2.24. The van der Waals surface area contributed by atoms with E-state index in [1.165, 1.54) is 27.8 Å². The molecule has 0 aliphatic carbocycles. The summed E-state index contributed by atoms with van der Waals surface area (Å²) >= 11 is 0. The second kappa shape index (κ2) is 5.16. The first-order valence-corrected chi connectivity index (χ1v) is 5.93. The lowest BCUT2D eigenvalue weighted by molar-refractivity contribution is 0.685. The number of nitrogens with zero attached hydrogens (tertiary/aromatic N) is 1. The molecule has 1 aromatic carbocycles. The lowest BCUT2D eigenvalue weighted by atomic mass is 9.85. The maximum atomic E-state index is 8.66. The molecule has 0 saturated carbocycles. The van der Waals surface area contributed by atoms with Gasteiger partial charge in [-0.25, -0.2) is 0 Å². The summed E-state index contributed by atoms with van der Waals surface area (Å²) in [6, 6.07) is 4.49. The Balaban J connectivity index is 3.17. The molecular formula is C15H21N. The maximum absolute atomic E-state index is 8.66. The van der Waals surface area contributed by atoms with Gasteiger partial charge in [0.2, 0.25) is 0 Å². The Labute approximate surface area is 99.1 Å². The van der Waals surface area contributed by atoms with Gasteiger partial charge in [-0.2, -0.15) is 5.26 Å². The van der Waals surface area contributed by atoms with Crippen molar-refractivity contribution in [1.29, 1.82) is 5.26 Å². The van der Waals surface area contributed by atoms with Gasteiger partial charge in [0.05, 0.1) is 6.07 Å². The molecule has 0 bridgehead atoms. The zero-order valence-electron chi connectivity index (χ0n) is 11.0. The van der Waals surface area contributed by atoms with Crippen LogP contribution < -0.4 is 0 Å². The summed E-state index contributed by atoms with van der Waals surface area (Å²) in [5.41, 5.74) is 6.97. The van der Waals surface area contributed by atoms with Crippen LogP contribution in [0.5, 0.6) is 0 Å². The molecule has 0 amide bonds. The van der Waals surface area contributed by atoms with Crippen LogP contribution in [-0.2, 0) is 0 Å². The Kier molecular flexibility index (Phi) is 4.12. The SMILES string of the molecule is Cc1cc(C)c(C)c(C(C)CCC#N)c1C. The third-order valence-corrected chi connectivity index (χ3v) is 3.61. The fourth-order valence-electron chi connectivity index (χ4n) is 2.41. The van der Waals surface area contributed by atoms with Crippen LogP contribution in [-0.4, -0.2) is 0 Å². The average molecular weight is 215 g/mol. The number of rotatable bonds is 3. The van der Waals surface area contributed by atoms with Crippen molar-refractivity contribution < 1.29 is 0 Å². The Hall–Kier alpha value is -1.29. The molecule has 0 aromatic heterocycles. The first-order valence-electron chi connectivity index (χ1n) is 5.93. The van der Waals surface area contributed by atoms with Crippen LogP contribution in [0.25, 0.3) is 0 Å². The molecule has 0 N–H and O–H groups in total. The van der Waals surface area contributed by atoms with E-state index in [-0.39, 0.29) is 0 Å². The molecule has 1 atom stereocenters. The Morgan fingerprint density at radius 1 is 1.12 bits per heavy atom. The summed E-state index contributed by atoms with van der Waals surface area (Å²) in [6.07, 6.45) is 1.61. The second-order valence-electron chi connectivity index (χ2n) is 4.77. The van der Waals surface area contributed by atoms with Gasteiger partial charge in [0.15, 0.2) is 0 Å². The normalized spacial score (nSPS) is 12.2. The van der Waals surface area contributed by atoms with Crippen molar-refractivity contribution in [1.82, 2.24) is 0 Å². The summed E-state index contributed by atoms with van der Waals surface area (Å²) in [5.74, 6) is 0.484. The number of benzene rings is 1. The van der Waals surface area contributed by atoms with Gasteiger partial charge in [-0.1, -0.05) is 13.0 Å². The number of nitriles is 1. The molecule has 1 rings (SSSR count). The zero-order chi connectivity index (χ0) is 12.3. The molecule has 0 radical (unpaired) electrons. The van der Waals surface area contributed by atoms with Crippen molar-refractivity contribution in [3.8, 4) is 6.07 Å². The summed E-state index contributed by atoms with van der Waals surface area (Å²) in [7, 11) is 0. The van der Waals surface area contributed by atoms with Crippen molar-refractivity contribution in [3.05, 3.63) is 33.9 Å². The van der Waals surface area contributed by atoms with E-state index in [0.717, 1.165) is 6.42 Å². The molecule has 16 heavy (non-hydrogen) atoms. The molecule has 0 aliphatic heterocycles. The highest BCUT2D eigenvalue weighted by atomic mass is 14.2. The van der Waals surface area contributed by atoms with Crippen molar-refractivity contribution >= 4 is 0 Å². The van der Waals surface area contributed by atoms with Crippen molar-refractivity contribution in [2.75, 3.05) is 0 Å². The fraction of sp³-hybridized carbons (Fsp3) is 0.533. The molecule has 0 spiro atoms. The predicted molar refractivity (Wildman–Crippen MR) is 68.7 cm³/mol. The van der Waals surface area contributed by atoms with E-state index in [4.69, 9.17) is 5.26 Å². The fourth-order valence-corrected chi connectivity index (χ4v) is 2.41. The standard InChI is InChI=1S/C15H21N/c1-10(7-6-8-16)15-13(4)11(2)9-12(3)14(15)5/h9-10H,6-7H2,1-5H3. The molecule has 0 fully saturated rings. The van der Waals surface area contributed by atoms with E-state index in [1.54, 1.807) is 0 Å². The van der Waals surface area contributed by atoms with Gasteiger partial charge >= 0.3 is 0 Å². The van der Waals surface area contributed by atoms with Crippen LogP contribution in [0.4, 0.5) is 0 Å². The summed E-state index contributed by atoms with van der Waals surface area (Å²) in [5, 5.41) is 8.66. The molecule has 0 saturated heterocycles. The zero-order valence-corrected chi connectivity index (χ0v) is 11.0. The van der Waals surface area contributed by atoms with Gasteiger partial charge in [0, 0.05) is 6.42 Å². The molecule has 1 nitrogen and oxygen atoms in total. The molecule has 0 aliphatic rings. The highest BCUT2D eigenvalue weighted by molar-refractivity contribution is 5.45. The third kappa shape index (κ3) is 2.44. The predicted octanol–water partition coefficient (Wildman–Crippen LogP) is 4.33. The summed E-state index contributed by atoms with van der Waals surface area (Å²) < 4.78 is 0. The van der Waals surface area contributed by atoms with E-state index >= 15 is 0 Å². The van der Waals surface area contributed by atoms with Gasteiger partial charge in [-0.3, -0.25) is 0 Å². The van der Waals surface area contributed by atoms with E-state index in [9.17, 15) is 0 Å². The largest absolute Gasteiger partial charge is 0.198 e. The third-order valence-electron chi connectivity index (χ3n) is 3.61.